The van der Waals surface area contributed by atoms with Crippen LogP contribution in [0.5, 0.6) is 0 Å². The highest BCUT2D eigenvalue weighted by Gasteiger charge is 2.19. The first kappa shape index (κ1) is 15.6. The maximum absolute atomic E-state index is 5.41. The number of rotatable bonds is 10. The van der Waals surface area contributed by atoms with Gasteiger partial charge >= 0.3 is 0 Å². The van der Waals surface area contributed by atoms with Gasteiger partial charge in [-0.1, -0.05) is 27.2 Å². The van der Waals surface area contributed by atoms with Crippen LogP contribution in [0.25, 0.3) is 0 Å². The smallest absolute Gasteiger partial charge is 0.113 e. The van der Waals surface area contributed by atoms with E-state index in [1.165, 1.54) is 25.7 Å². The van der Waals surface area contributed by atoms with Crippen LogP contribution >= 0.6 is 11.8 Å². The van der Waals surface area contributed by atoms with Gasteiger partial charge in [-0.25, -0.2) is 0 Å². The van der Waals surface area contributed by atoms with E-state index in [1.54, 1.807) is 6.26 Å². The summed E-state index contributed by atoms with van der Waals surface area (Å²) in [5, 5.41) is 4.38. The largest absolute Gasteiger partial charge is 0.468 e. The lowest BCUT2D eigenvalue weighted by Crippen LogP contribution is -2.38. The molecule has 104 valence electrons. The maximum atomic E-state index is 5.41. The lowest BCUT2D eigenvalue weighted by atomic mass is 10.1. The molecule has 2 unspecified atom stereocenters. The van der Waals surface area contributed by atoms with E-state index < -0.39 is 0 Å². The molecule has 1 N–H and O–H groups in total. The van der Waals surface area contributed by atoms with Crippen molar-refractivity contribution in [3.05, 3.63) is 24.2 Å². The Kier molecular flexibility index (Phi) is 8.27. The number of thioether (sulfide) groups is 1. The molecule has 0 amide bonds. The van der Waals surface area contributed by atoms with E-state index in [0.717, 1.165) is 18.1 Å². The Morgan fingerprint density at radius 3 is 2.67 bits per heavy atom. The highest BCUT2D eigenvalue weighted by Crippen LogP contribution is 2.25. The molecule has 0 saturated carbocycles. The average molecular weight is 269 g/mol. The first-order valence-electron chi connectivity index (χ1n) is 7.19. The molecule has 0 aromatic carbocycles. The second-order valence-electron chi connectivity index (χ2n) is 4.69. The first-order chi connectivity index (χ1) is 8.81. The molecule has 0 bridgehead atoms. The molecule has 18 heavy (non-hydrogen) atoms. The van der Waals surface area contributed by atoms with Crippen LogP contribution in [0, 0.1) is 0 Å². The van der Waals surface area contributed by atoms with Crippen LogP contribution in [0.15, 0.2) is 22.8 Å². The minimum atomic E-state index is 0.639. The molecule has 1 aromatic heterocycles. The van der Waals surface area contributed by atoms with Crippen molar-refractivity contribution in [1.82, 2.24) is 5.32 Å². The van der Waals surface area contributed by atoms with Crippen LogP contribution < -0.4 is 5.32 Å². The van der Waals surface area contributed by atoms with Gasteiger partial charge in [0, 0.05) is 11.3 Å². The van der Waals surface area contributed by atoms with Crippen LogP contribution in [0.3, 0.4) is 0 Å². The summed E-state index contributed by atoms with van der Waals surface area (Å²) < 4.78 is 5.41. The number of nitrogens with one attached hydrogen (secondary N) is 1. The first-order valence-corrected chi connectivity index (χ1v) is 8.24. The number of furan rings is 1. The van der Waals surface area contributed by atoms with Gasteiger partial charge in [-0.05, 0) is 37.9 Å². The topological polar surface area (TPSA) is 25.2 Å². The van der Waals surface area contributed by atoms with Gasteiger partial charge in [-0.15, -0.1) is 11.8 Å². The molecule has 3 heteroatoms. The fraction of sp³-hybridized carbons (Fsp3) is 0.733. The normalized spacial score (nSPS) is 14.6. The molecule has 0 radical (unpaired) electrons. The van der Waals surface area contributed by atoms with Gasteiger partial charge in [0.2, 0.25) is 0 Å². The van der Waals surface area contributed by atoms with Gasteiger partial charge in [0.15, 0.2) is 0 Å². The summed E-state index contributed by atoms with van der Waals surface area (Å²) in [4.78, 5) is 0. The molecule has 0 aliphatic carbocycles. The summed E-state index contributed by atoms with van der Waals surface area (Å²) in [6.45, 7) is 7.91. The van der Waals surface area contributed by atoms with Crippen LogP contribution in [0.1, 0.15) is 52.2 Å². The van der Waals surface area contributed by atoms with Gasteiger partial charge in [0.1, 0.15) is 5.76 Å². The van der Waals surface area contributed by atoms with E-state index in [9.17, 15) is 0 Å². The molecule has 0 spiro atoms. The lowest BCUT2D eigenvalue weighted by Gasteiger charge is -2.26. The SMILES string of the molecule is CCCNC(CCC)C(CC)SCc1ccco1. The summed E-state index contributed by atoms with van der Waals surface area (Å²) in [5.41, 5.74) is 0. The fourth-order valence-corrected chi connectivity index (χ4v) is 3.41. The predicted octanol–water partition coefficient (Wildman–Crippen LogP) is 4.46. The Morgan fingerprint density at radius 2 is 2.11 bits per heavy atom. The van der Waals surface area contributed by atoms with Crippen molar-refractivity contribution in [2.24, 2.45) is 0 Å². The molecule has 1 rings (SSSR count). The van der Waals surface area contributed by atoms with Gasteiger partial charge in [-0.3, -0.25) is 0 Å². The zero-order chi connectivity index (χ0) is 13.2. The average Bonchev–Trinajstić information content (AvgIpc) is 2.89. The van der Waals surface area contributed by atoms with E-state index in [1.807, 2.05) is 17.8 Å². The van der Waals surface area contributed by atoms with Crippen LogP contribution in [-0.4, -0.2) is 17.8 Å². The highest BCUT2D eigenvalue weighted by molar-refractivity contribution is 7.99. The number of hydrogen-bond donors (Lipinski definition) is 1. The standard InChI is InChI=1S/C15H27NOS/c1-4-8-14(16-10-5-2)15(6-3)18-12-13-9-7-11-17-13/h7,9,11,14-16H,4-6,8,10,12H2,1-3H3. The lowest BCUT2D eigenvalue weighted by molar-refractivity contribution is 0.453. The Bertz CT molecular complexity index is 287. The van der Waals surface area contributed by atoms with E-state index >= 15 is 0 Å². The van der Waals surface area contributed by atoms with E-state index in [4.69, 9.17) is 4.42 Å². The highest BCUT2D eigenvalue weighted by atomic mass is 32.2. The quantitative estimate of drug-likeness (QED) is 0.679. The summed E-state index contributed by atoms with van der Waals surface area (Å²) in [7, 11) is 0. The molecule has 2 nitrogen and oxygen atoms in total. The Hall–Kier alpha value is -0.410. The van der Waals surface area contributed by atoms with Gasteiger partial charge in [0.25, 0.3) is 0 Å². The van der Waals surface area contributed by atoms with Crippen molar-refractivity contribution >= 4 is 11.8 Å². The second-order valence-corrected chi connectivity index (χ2v) is 5.91. The second kappa shape index (κ2) is 9.51. The third-order valence-corrected chi connectivity index (χ3v) is 4.67. The minimum Gasteiger partial charge on any atom is -0.468 e. The van der Waals surface area contributed by atoms with Crippen LogP contribution in [0.4, 0.5) is 0 Å². The summed E-state index contributed by atoms with van der Waals surface area (Å²) in [5.74, 6) is 2.07. The third kappa shape index (κ3) is 5.49. The molecule has 1 aromatic rings. The van der Waals surface area contributed by atoms with E-state index in [0.29, 0.717) is 11.3 Å². The molecular formula is C15H27NOS. The van der Waals surface area contributed by atoms with E-state index in [-0.39, 0.29) is 0 Å². The molecule has 0 aliphatic rings. The summed E-state index contributed by atoms with van der Waals surface area (Å²) >= 11 is 2.02. The Morgan fingerprint density at radius 1 is 1.28 bits per heavy atom. The van der Waals surface area contributed by atoms with Crippen molar-refractivity contribution in [2.75, 3.05) is 6.54 Å². The Labute approximate surface area is 116 Å². The minimum absolute atomic E-state index is 0.639. The zero-order valence-corrected chi connectivity index (χ0v) is 12.8. The van der Waals surface area contributed by atoms with Crippen molar-refractivity contribution < 1.29 is 4.42 Å². The van der Waals surface area contributed by atoms with Crippen molar-refractivity contribution in [1.29, 1.82) is 0 Å². The van der Waals surface area contributed by atoms with Gasteiger partial charge < -0.3 is 9.73 Å². The van der Waals surface area contributed by atoms with Crippen molar-refractivity contribution in [3.8, 4) is 0 Å². The molecule has 1 heterocycles. The van der Waals surface area contributed by atoms with E-state index in [2.05, 4.69) is 32.2 Å². The summed E-state index contributed by atoms with van der Waals surface area (Å²) in [6, 6.07) is 4.67. The van der Waals surface area contributed by atoms with Crippen LogP contribution in [-0.2, 0) is 5.75 Å². The van der Waals surface area contributed by atoms with Crippen molar-refractivity contribution in [3.63, 3.8) is 0 Å². The fourth-order valence-electron chi connectivity index (χ4n) is 2.16. The zero-order valence-electron chi connectivity index (χ0n) is 11.9. The monoisotopic (exact) mass is 269 g/mol. The molecular weight excluding hydrogens is 242 g/mol. The van der Waals surface area contributed by atoms with Crippen LogP contribution in [0.2, 0.25) is 0 Å². The molecule has 0 aliphatic heterocycles. The number of hydrogen-bond acceptors (Lipinski definition) is 3. The van der Waals surface area contributed by atoms with Crippen molar-refractivity contribution in [2.45, 2.75) is 63.5 Å². The third-order valence-electron chi connectivity index (χ3n) is 3.13. The summed E-state index contributed by atoms with van der Waals surface area (Å²) in [6.07, 6.45) is 6.70. The predicted molar refractivity (Wildman–Crippen MR) is 81.1 cm³/mol. The van der Waals surface area contributed by atoms with Gasteiger partial charge in [0.05, 0.1) is 12.0 Å². The molecule has 0 fully saturated rings. The maximum Gasteiger partial charge on any atom is 0.113 e. The Balaban J connectivity index is 2.43. The van der Waals surface area contributed by atoms with Gasteiger partial charge in [-0.2, -0.15) is 0 Å². The molecule has 2 atom stereocenters. The molecule has 0 saturated heterocycles.